The number of sulfonamides is 1. The molecule has 0 bridgehead atoms. The Hall–Kier alpha value is -1.98. The molecular weight excluding hydrogens is 323 g/mol. The summed E-state index contributed by atoms with van der Waals surface area (Å²) in [5.74, 6) is -2.13. The number of halogens is 1. The van der Waals surface area contributed by atoms with E-state index < -0.39 is 38.1 Å². The van der Waals surface area contributed by atoms with Gasteiger partial charge in [-0.2, -0.15) is 5.26 Å². The lowest BCUT2D eigenvalue weighted by atomic mass is 9.92. The largest absolute Gasteiger partial charge is 0.376 e. The fourth-order valence-electron chi connectivity index (χ4n) is 2.73. The van der Waals surface area contributed by atoms with Gasteiger partial charge >= 0.3 is 0 Å². The number of amides is 1. The smallest absolute Gasteiger partial charge is 0.265 e. The molecule has 1 aromatic carbocycles. The minimum Gasteiger partial charge on any atom is -0.376 e. The first kappa shape index (κ1) is 17.4. The second-order valence-corrected chi connectivity index (χ2v) is 7.27. The first-order chi connectivity index (χ1) is 10.7. The van der Waals surface area contributed by atoms with Gasteiger partial charge in [0.15, 0.2) is 0 Å². The van der Waals surface area contributed by atoms with Crippen molar-refractivity contribution in [2.45, 2.75) is 43.8 Å². The van der Waals surface area contributed by atoms with E-state index in [2.05, 4.69) is 0 Å². The van der Waals surface area contributed by atoms with Gasteiger partial charge in [0.05, 0.1) is 12.2 Å². The maximum Gasteiger partial charge on any atom is 0.265 e. The molecular formula is C15H17FN2O4S. The van der Waals surface area contributed by atoms with Gasteiger partial charge in [0.2, 0.25) is 5.91 Å². The normalized spacial score (nSPS) is 24.7. The van der Waals surface area contributed by atoms with Gasteiger partial charge in [0, 0.05) is 5.92 Å². The molecule has 0 spiro atoms. The summed E-state index contributed by atoms with van der Waals surface area (Å²) in [6, 6.07) is 4.76. The van der Waals surface area contributed by atoms with Crippen LogP contribution >= 0.6 is 0 Å². The van der Waals surface area contributed by atoms with Crippen molar-refractivity contribution in [1.82, 2.24) is 4.72 Å². The van der Waals surface area contributed by atoms with E-state index >= 15 is 0 Å². The van der Waals surface area contributed by atoms with Gasteiger partial charge in [-0.05, 0) is 38.8 Å². The molecule has 124 valence electrons. The molecule has 0 saturated carbocycles. The maximum absolute atomic E-state index is 13.6. The number of rotatable bonds is 3. The Balaban J connectivity index is 2.24. The standard InChI is InChI=1S/C15H17FN2O4S/c1-9-6-11(7-10(2)22-9)15(19)18-23(20,21)14-5-3-4-13(16)12(14)8-17/h3-5,9-11H,6-7H2,1-2H3,(H,18,19)/t9-,10+,11?. The topological polar surface area (TPSA) is 96.3 Å². The number of ether oxygens (including phenoxy) is 1. The summed E-state index contributed by atoms with van der Waals surface area (Å²) >= 11 is 0. The lowest BCUT2D eigenvalue weighted by Gasteiger charge is -2.31. The van der Waals surface area contributed by atoms with Crippen LogP contribution in [0.4, 0.5) is 4.39 Å². The second-order valence-electron chi connectivity index (χ2n) is 5.62. The Kier molecular flexibility index (Phi) is 5.02. The van der Waals surface area contributed by atoms with Crippen molar-refractivity contribution in [2.24, 2.45) is 5.92 Å². The molecule has 2 rings (SSSR count). The highest BCUT2D eigenvalue weighted by Gasteiger charge is 2.32. The number of benzene rings is 1. The monoisotopic (exact) mass is 340 g/mol. The van der Waals surface area contributed by atoms with Gasteiger partial charge in [-0.25, -0.2) is 17.5 Å². The van der Waals surface area contributed by atoms with E-state index in [1.165, 1.54) is 12.1 Å². The third-order valence-corrected chi connectivity index (χ3v) is 5.07. The van der Waals surface area contributed by atoms with Crippen LogP contribution in [0, 0.1) is 23.1 Å². The summed E-state index contributed by atoms with van der Waals surface area (Å²) in [4.78, 5) is 11.7. The molecule has 1 N–H and O–H groups in total. The first-order valence-electron chi connectivity index (χ1n) is 7.15. The number of carbonyl (C=O) groups is 1. The van der Waals surface area contributed by atoms with E-state index in [1.807, 2.05) is 18.6 Å². The highest BCUT2D eigenvalue weighted by atomic mass is 32.2. The Morgan fingerprint density at radius 1 is 1.35 bits per heavy atom. The zero-order chi connectivity index (χ0) is 17.2. The van der Waals surface area contributed by atoms with Crippen LogP contribution < -0.4 is 4.72 Å². The van der Waals surface area contributed by atoms with Crippen molar-refractivity contribution < 1.29 is 22.3 Å². The maximum atomic E-state index is 13.6. The van der Waals surface area contributed by atoms with Gasteiger partial charge in [-0.3, -0.25) is 4.79 Å². The average Bonchev–Trinajstić information content (AvgIpc) is 2.45. The Morgan fingerprint density at radius 2 is 1.96 bits per heavy atom. The quantitative estimate of drug-likeness (QED) is 0.903. The fraction of sp³-hybridized carbons (Fsp3) is 0.467. The molecule has 1 heterocycles. The minimum atomic E-state index is -4.31. The summed E-state index contributed by atoms with van der Waals surface area (Å²) in [5.41, 5.74) is -0.610. The van der Waals surface area contributed by atoms with Crippen molar-refractivity contribution >= 4 is 15.9 Å². The van der Waals surface area contributed by atoms with Crippen LogP contribution in [0.15, 0.2) is 23.1 Å². The average molecular weight is 340 g/mol. The van der Waals surface area contributed by atoms with Crippen molar-refractivity contribution in [2.75, 3.05) is 0 Å². The molecule has 1 aliphatic heterocycles. The summed E-state index contributed by atoms with van der Waals surface area (Å²) in [6.45, 7) is 3.62. The predicted molar refractivity (Wildman–Crippen MR) is 79.2 cm³/mol. The van der Waals surface area contributed by atoms with Gasteiger partial charge in [-0.1, -0.05) is 6.07 Å². The Morgan fingerprint density at radius 3 is 2.52 bits per heavy atom. The van der Waals surface area contributed by atoms with Crippen LogP contribution in [0.25, 0.3) is 0 Å². The van der Waals surface area contributed by atoms with Crippen LogP contribution in [-0.4, -0.2) is 26.5 Å². The van der Waals surface area contributed by atoms with Crippen LogP contribution in [0.5, 0.6) is 0 Å². The molecule has 0 aliphatic carbocycles. The third kappa shape index (κ3) is 3.86. The Labute approximate surface area is 134 Å². The van der Waals surface area contributed by atoms with Crippen LogP contribution in [0.2, 0.25) is 0 Å². The van der Waals surface area contributed by atoms with Crippen molar-refractivity contribution in [3.05, 3.63) is 29.6 Å². The molecule has 3 atom stereocenters. The van der Waals surface area contributed by atoms with E-state index in [-0.39, 0.29) is 12.2 Å². The number of nitrogens with zero attached hydrogens (tertiary/aromatic N) is 1. The van der Waals surface area contributed by atoms with Crippen molar-refractivity contribution in [1.29, 1.82) is 5.26 Å². The van der Waals surface area contributed by atoms with Gasteiger partial charge in [-0.15, -0.1) is 0 Å². The molecule has 1 aromatic rings. The molecule has 0 radical (unpaired) electrons. The predicted octanol–water partition coefficient (Wildman–Crippen LogP) is 1.71. The SMILES string of the molecule is C[C@@H]1CC(C(=O)NS(=O)(=O)c2cccc(F)c2C#N)C[C@H](C)O1. The molecule has 6 nitrogen and oxygen atoms in total. The zero-order valence-corrected chi connectivity index (χ0v) is 13.6. The van der Waals surface area contributed by atoms with E-state index in [0.29, 0.717) is 12.8 Å². The zero-order valence-electron chi connectivity index (χ0n) is 12.7. The summed E-state index contributed by atoms with van der Waals surface area (Å²) < 4.78 is 45.6. The second kappa shape index (κ2) is 6.64. The van der Waals surface area contributed by atoms with Crippen LogP contribution in [-0.2, 0) is 19.6 Å². The van der Waals surface area contributed by atoms with E-state index in [9.17, 15) is 17.6 Å². The number of hydrogen-bond donors (Lipinski definition) is 1. The lowest BCUT2D eigenvalue weighted by molar-refractivity contribution is -0.131. The highest BCUT2D eigenvalue weighted by molar-refractivity contribution is 7.90. The molecule has 1 amide bonds. The van der Waals surface area contributed by atoms with E-state index in [4.69, 9.17) is 10.00 Å². The number of nitriles is 1. The number of carbonyl (C=O) groups excluding carboxylic acids is 1. The molecule has 0 aromatic heterocycles. The van der Waals surface area contributed by atoms with Crippen molar-refractivity contribution in [3.63, 3.8) is 0 Å². The highest BCUT2D eigenvalue weighted by Crippen LogP contribution is 2.26. The fourth-order valence-corrected chi connectivity index (χ4v) is 3.94. The van der Waals surface area contributed by atoms with Gasteiger partial charge in [0.1, 0.15) is 22.3 Å². The van der Waals surface area contributed by atoms with Crippen LogP contribution in [0.3, 0.4) is 0 Å². The summed E-state index contributed by atoms with van der Waals surface area (Å²) in [5, 5.41) is 8.93. The number of hydrogen-bond acceptors (Lipinski definition) is 5. The molecule has 1 saturated heterocycles. The Bertz CT molecular complexity index is 747. The summed E-state index contributed by atoms with van der Waals surface area (Å²) in [6.07, 6.45) is 0.502. The van der Waals surface area contributed by atoms with Crippen LogP contribution in [0.1, 0.15) is 32.3 Å². The van der Waals surface area contributed by atoms with E-state index in [1.54, 1.807) is 0 Å². The third-order valence-electron chi connectivity index (χ3n) is 3.68. The molecule has 8 heteroatoms. The summed E-state index contributed by atoms with van der Waals surface area (Å²) in [7, 11) is -4.31. The molecule has 1 fully saturated rings. The van der Waals surface area contributed by atoms with E-state index in [0.717, 1.165) is 12.1 Å². The minimum absolute atomic E-state index is 0.152. The first-order valence-corrected chi connectivity index (χ1v) is 8.63. The van der Waals surface area contributed by atoms with Crippen molar-refractivity contribution in [3.8, 4) is 6.07 Å². The number of nitrogens with one attached hydrogen (secondary N) is 1. The molecule has 1 unspecified atom stereocenters. The lowest BCUT2D eigenvalue weighted by Crippen LogP contribution is -2.41. The van der Waals surface area contributed by atoms with Gasteiger partial charge in [0.25, 0.3) is 10.0 Å². The van der Waals surface area contributed by atoms with Gasteiger partial charge < -0.3 is 4.74 Å². The molecule has 1 aliphatic rings. The molecule has 23 heavy (non-hydrogen) atoms.